The Balaban J connectivity index is -0.000000113. The minimum Gasteiger partial charge on any atom is -0.344 e. The minimum absolute atomic E-state index is 0. The summed E-state index contributed by atoms with van der Waals surface area (Å²) in [6.45, 7) is 12.9. The van der Waals surface area contributed by atoms with Crippen LogP contribution in [-0.2, 0) is 0 Å². The van der Waals surface area contributed by atoms with Crippen LogP contribution in [0.25, 0.3) is 0 Å². The second kappa shape index (κ2) is 35.1. The summed E-state index contributed by atoms with van der Waals surface area (Å²) in [5.41, 5.74) is 0. The number of hydrogen-bond acceptors (Lipinski definition) is 2. The average molecular weight is 419 g/mol. The molecule has 0 unspecified atom stereocenters. The van der Waals surface area contributed by atoms with E-state index in [-0.39, 0.29) is 15.2 Å². The smallest absolute Gasteiger partial charge is 0 e. The summed E-state index contributed by atoms with van der Waals surface area (Å²) in [7, 11) is 0. The van der Waals surface area contributed by atoms with Crippen LogP contribution in [0, 0.1) is 5.92 Å². The first kappa shape index (κ1) is 36.1. The van der Waals surface area contributed by atoms with E-state index in [2.05, 4.69) is 34.3 Å². The molecule has 0 aliphatic rings. The predicted octanol–water partition coefficient (Wildman–Crippen LogP) is 11.5. The van der Waals surface area contributed by atoms with Gasteiger partial charge in [0, 0.05) is 2.85 Å². The van der Waals surface area contributed by atoms with Crippen molar-refractivity contribution >= 4 is 0 Å². The van der Waals surface area contributed by atoms with Crippen molar-refractivity contribution in [1.29, 1.82) is 0 Å². The largest absolute Gasteiger partial charge is 0.344 e. The average Bonchev–Trinajstić information content (AvgIpc) is 2.65. The molecule has 0 bridgehead atoms. The number of allylic oxidation sites excluding steroid dienone is 1. The summed E-state index contributed by atoms with van der Waals surface area (Å²) in [4.78, 5) is 0. The van der Waals surface area contributed by atoms with Gasteiger partial charge in [0.25, 0.3) is 0 Å². The molecule has 0 spiro atoms. The lowest BCUT2D eigenvalue weighted by Crippen LogP contribution is -1.85. The van der Waals surface area contributed by atoms with E-state index < -0.39 is 0 Å². The second-order valence-electron chi connectivity index (χ2n) is 8.92. The molecule has 0 saturated carbocycles. The third kappa shape index (κ3) is 42.7. The fraction of sp³-hybridized carbons (Fsp3) is 0.926. The Hall–Kier alpha value is -0.340. The number of unbranched alkanes of at least 4 members (excludes halogenated alkanes) is 17. The van der Waals surface area contributed by atoms with E-state index in [1.165, 1.54) is 128 Å². The highest BCUT2D eigenvalue weighted by Crippen LogP contribution is 2.13. The number of rotatable bonds is 20. The minimum atomic E-state index is 0. The quantitative estimate of drug-likeness (QED) is 0.152. The van der Waals surface area contributed by atoms with E-state index in [0.29, 0.717) is 0 Å². The zero-order chi connectivity index (χ0) is 20.4. The maximum absolute atomic E-state index is 3.76. The van der Waals surface area contributed by atoms with Crippen LogP contribution in [0.1, 0.15) is 159 Å². The molecule has 0 amide bonds. The molecule has 0 aromatic heterocycles. The fourth-order valence-corrected chi connectivity index (χ4v) is 3.46. The lowest BCUT2D eigenvalue weighted by Gasteiger charge is -2.03. The van der Waals surface area contributed by atoms with Crippen LogP contribution in [-0.4, -0.2) is 0 Å². The molecule has 0 aromatic carbocycles. The van der Waals surface area contributed by atoms with Gasteiger partial charge < -0.3 is 12.3 Å². The Morgan fingerprint density at radius 2 is 0.862 bits per heavy atom. The van der Waals surface area contributed by atoms with E-state index in [1.54, 1.807) is 0 Å². The van der Waals surface area contributed by atoms with Gasteiger partial charge in [0.05, 0.1) is 0 Å². The summed E-state index contributed by atoms with van der Waals surface area (Å²) in [5, 5.41) is 0. The summed E-state index contributed by atoms with van der Waals surface area (Å²) in [5.74, 6) is 0.904. The van der Waals surface area contributed by atoms with E-state index in [0.717, 1.165) is 5.92 Å². The molecular formula is C27H66N2. The van der Waals surface area contributed by atoms with Gasteiger partial charge in [-0.2, -0.15) is 0 Å². The van der Waals surface area contributed by atoms with Gasteiger partial charge in [0.2, 0.25) is 0 Å². The highest BCUT2D eigenvalue weighted by Gasteiger charge is 1.94. The first-order valence-electron chi connectivity index (χ1n) is 12.8. The van der Waals surface area contributed by atoms with Gasteiger partial charge in [-0.05, 0) is 18.8 Å². The first-order valence-corrected chi connectivity index (χ1v) is 12.8. The molecule has 0 heterocycles. The summed E-state index contributed by atoms with van der Waals surface area (Å²) in [6, 6.07) is 0. The molecule has 184 valence electrons. The molecule has 0 rings (SSSR count). The lowest BCUT2D eigenvalue weighted by atomic mass is 10.0. The van der Waals surface area contributed by atoms with Crippen LogP contribution in [0.3, 0.4) is 0 Å². The standard InChI is InChI=1S/C19H38.C8H18.2H3N.2H2/c1-3-5-7-9-11-13-15-17-19-18-16-14-12-10-8-6-4-2;1-4-5-6-7-8(2)3;;;;/h3H,1,4-19H2,2H3;8H,4-7H2,1-3H3;2*1H3;2*1H. The van der Waals surface area contributed by atoms with Crippen LogP contribution in [0.4, 0.5) is 0 Å². The van der Waals surface area contributed by atoms with Gasteiger partial charge in [0.15, 0.2) is 0 Å². The fourth-order valence-electron chi connectivity index (χ4n) is 3.46. The molecule has 6 N–H and O–H groups in total. The van der Waals surface area contributed by atoms with Crippen LogP contribution >= 0.6 is 0 Å². The van der Waals surface area contributed by atoms with Crippen LogP contribution in [0.15, 0.2) is 12.7 Å². The van der Waals surface area contributed by atoms with E-state index >= 15 is 0 Å². The molecule has 0 aliphatic heterocycles. The molecule has 0 aliphatic carbocycles. The molecule has 2 nitrogen and oxygen atoms in total. The Morgan fingerprint density at radius 3 is 1.17 bits per heavy atom. The van der Waals surface area contributed by atoms with Crippen molar-refractivity contribution < 1.29 is 2.85 Å². The SMILES string of the molecule is C=CCCCCCCCCCCCCCCCCC.CCCCCC(C)C.N.N.[HH].[HH]. The maximum Gasteiger partial charge on any atom is 0 e. The Kier molecular flexibility index (Phi) is 43.7. The summed E-state index contributed by atoms with van der Waals surface area (Å²) in [6.07, 6.45) is 30.5. The van der Waals surface area contributed by atoms with Crippen molar-refractivity contribution in [3.8, 4) is 0 Å². The van der Waals surface area contributed by atoms with Crippen molar-refractivity contribution in [3.63, 3.8) is 0 Å². The van der Waals surface area contributed by atoms with Crippen LogP contribution in [0.2, 0.25) is 0 Å². The van der Waals surface area contributed by atoms with Gasteiger partial charge in [-0.25, -0.2) is 0 Å². The van der Waals surface area contributed by atoms with Gasteiger partial charge >= 0.3 is 0 Å². The molecule has 0 atom stereocenters. The van der Waals surface area contributed by atoms with Crippen molar-refractivity contribution in [1.82, 2.24) is 12.3 Å². The molecule has 0 saturated heterocycles. The highest BCUT2D eigenvalue weighted by molar-refractivity contribution is 4.65. The number of hydrogen-bond donors (Lipinski definition) is 2. The third-order valence-corrected chi connectivity index (χ3v) is 5.40. The van der Waals surface area contributed by atoms with Crippen molar-refractivity contribution in [3.05, 3.63) is 12.7 Å². The topological polar surface area (TPSA) is 70.0 Å². The van der Waals surface area contributed by atoms with Gasteiger partial charge in [-0.3, -0.25) is 0 Å². The van der Waals surface area contributed by atoms with Crippen molar-refractivity contribution in [2.24, 2.45) is 5.92 Å². The third-order valence-electron chi connectivity index (χ3n) is 5.40. The van der Waals surface area contributed by atoms with E-state index in [1.807, 2.05) is 6.08 Å². The zero-order valence-electron chi connectivity index (χ0n) is 21.4. The maximum atomic E-state index is 3.76. The van der Waals surface area contributed by atoms with Gasteiger partial charge in [0.1, 0.15) is 0 Å². The Morgan fingerprint density at radius 1 is 0.552 bits per heavy atom. The molecule has 0 radical (unpaired) electrons. The monoisotopic (exact) mass is 419 g/mol. The van der Waals surface area contributed by atoms with Gasteiger partial charge in [-0.1, -0.05) is 149 Å². The molecular weight excluding hydrogens is 352 g/mol. The molecule has 0 aromatic rings. The van der Waals surface area contributed by atoms with E-state index in [9.17, 15) is 0 Å². The van der Waals surface area contributed by atoms with Crippen LogP contribution < -0.4 is 12.3 Å². The zero-order valence-corrected chi connectivity index (χ0v) is 21.4. The normalized spacial score (nSPS) is 9.97. The summed E-state index contributed by atoms with van der Waals surface area (Å²) < 4.78 is 0. The predicted molar refractivity (Wildman–Crippen MR) is 143 cm³/mol. The van der Waals surface area contributed by atoms with Crippen LogP contribution in [0.5, 0.6) is 0 Å². The Labute approximate surface area is 190 Å². The Bertz CT molecular complexity index is 262. The summed E-state index contributed by atoms with van der Waals surface area (Å²) >= 11 is 0. The first-order chi connectivity index (χ1) is 13.2. The molecule has 29 heavy (non-hydrogen) atoms. The molecule has 2 heteroatoms. The van der Waals surface area contributed by atoms with E-state index in [4.69, 9.17) is 0 Å². The second-order valence-corrected chi connectivity index (χ2v) is 8.92. The lowest BCUT2D eigenvalue weighted by molar-refractivity contribution is 0.533. The highest BCUT2D eigenvalue weighted by atomic mass is 14.0. The molecule has 0 fully saturated rings. The van der Waals surface area contributed by atoms with Crippen molar-refractivity contribution in [2.75, 3.05) is 0 Å². The van der Waals surface area contributed by atoms with Crippen molar-refractivity contribution in [2.45, 2.75) is 156 Å². The van der Waals surface area contributed by atoms with Gasteiger partial charge in [-0.15, -0.1) is 6.58 Å².